The Hall–Kier alpha value is -0.760. The number of nitrogens with one attached hydrogen (secondary N) is 1. The van der Waals surface area contributed by atoms with Gasteiger partial charge in [-0.05, 0) is 44.4 Å². The third kappa shape index (κ3) is 2.34. The first-order valence-corrected chi connectivity index (χ1v) is 5.10. The Morgan fingerprint density at radius 3 is 2.85 bits per heavy atom. The van der Waals surface area contributed by atoms with Gasteiger partial charge in [0.15, 0.2) is 0 Å². The second-order valence-electron chi connectivity index (χ2n) is 3.94. The smallest absolute Gasteiger partial charge is 0.117 e. The average molecular weight is 179 g/mol. The highest BCUT2D eigenvalue weighted by Gasteiger charge is 2.16. The van der Waals surface area contributed by atoms with Gasteiger partial charge < -0.3 is 9.73 Å². The lowest BCUT2D eigenvalue weighted by molar-refractivity contribution is 0.297. The van der Waals surface area contributed by atoms with Gasteiger partial charge in [-0.2, -0.15) is 0 Å². The fourth-order valence-corrected chi connectivity index (χ4v) is 1.68. The zero-order valence-electron chi connectivity index (χ0n) is 8.18. The van der Waals surface area contributed by atoms with Crippen LogP contribution < -0.4 is 5.32 Å². The molecule has 2 nitrogen and oxygen atoms in total. The summed E-state index contributed by atoms with van der Waals surface area (Å²) in [7, 11) is 0. The Bertz CT molecular complexity index is 263. The second kappa shape index (κ2) is 3.97. The molecule has 0 atom stereocenters. The Kier molecular flexibility index (Phi) is 2.69. The van der Waals surface area contributed by atoms with Gasteiger partial charge in [-0.25, -0.2) is 0 Å². The van der Waals surface area contributed by atoms with Gasteiger partial charge >= 0.3 is 0 Å². The first-order valence-electron chi connectivity index (χ1n) is 5.10. The first-order chi connectivity index (χ1) is 6.34. The van der Waals surface area contributed by atoms with Crippen molar-refractivity contribution in [2.75, 3.05) is 6.54 Å². The summed E-state index contributed by atoms with van der Waals surface area (Å²) in [4.78, 5) is 0. The summed E-state index contributed by atoms with van der Waals surface area (Å²) in [5.74, 6) is 2.98. The second-order valence-corrected chi connectivity index (χ2v) is 3.94. The molecule has 1 aliphatic carbocycles. The molecule has 0 saturated heterocycles. The molecule has 1 aromatic heterocycles. The summed E-state index contributed by atoms with van der Waals surface area (Å²) in [5.41, 5.74) is 0. The number of rotatable bonds is 4. The molecule has 1 heterocycles. The Labute approximate surface area is 79.3 Å². The van der Waals surface area contributed by atoms with Crippen LogP contribution >= 0.6 is 0 Å². The van der Waals surface area contributed by atoms with E-state index in [1.807, 2.05) is 19.1 Å². The van der Waals surface area contributed by atoms with Gasteiger partial charge in [-0.1, -0.05) is 6.42 Å². The molecule has 0 spiro atoms. The van der Waals surface area contributed by atoms with Gasteiger partial charge in [0.05, 0.1) is 6.54 Å². The lowest BCUT2D eigenvalue weighted by Crippen LogP contribution is -2.26. The quantitative estimate of drug-likeness (QED) is 0.768. The molecule has 0 amide bonds. The molecule has 2 heteroatoms. The predicted octanol–water partition coefficient (Wildman–Crippen LogP) is 2.48. The minimum atomic E-state index is 0.879. The number of furan rings is 1. The molecule has 13 heavy (non-hydrogen) atoms. The van der Waals surface area contributed by atoms with E-state index in [2.05, 4.69) is 5.32 Å². The molecular formula is C11H17NO. The molecule has 0 radical (unpaired) electrons. The van der Waals surface area contributed by atoms with Crippen LogP contribution in [0.1, 0.15) is 30.8 Å². The molecule has 0 aromatic carbocycles. The van der Waals surface area contributed by atoms with Crippen molar-refractivity contribution in [1.29, 1.82) is 0 Å². The number of aryl methyl sites for hydroxylation is 1. The average Bonchev–Trinajstić information content (AvgIpc) is 2.42. The normalized spacial score (nSPS) is 17.3. The van der Waals surface area contributed by atoms with Gasteiger partial charge in [0, 0.05) is 0 Å². The van der Waals surface area contributed by atoms with E-state index in [0.717, 1.165) is 30.5 Å². The molecule has 0 aliphatic heterocycles. The van der Waals surface area contributed by atoms with Crippen molar-refractivity contribution in [1.82, 2.24) is 5.32 Å². The van der Waals surface area contributed by atoms with Gasteiger partial charge in [-0.15, -0.1) is 0 Å². The summed E-state index contributed by atoms with van der Waals surface area (Å²) in [6.45, 7) is 4.01. The molecule has 1 saturated carbocycles. The largest absolute Gasteiger partial charge is 0.465 e. The van der Waals surface area contributed by atoms with Crippen LogP contribution in [0.2, 0.25) is 0 Å². The summed E-state index contributed by atoms with van der Waals surface area (Å²) >= 11 is 0. The molecule has 1 aliphatic rings. The van der Waals surface area contributed by atoms with Gasteiger partial charge in [-0.3, -0.25) is 0 Å². The SMILES string of the molecule is Cc1ccc(CNCC2CCC2)o1. The minimum Gasteiger partial charge on any atom is -0.465 e. The van der Waals surface area contributed by atoms with Crippen molar-refractivity contribution in [2.24, 2.45) is 5.92 Å². The van der Waals surface area contributed by atoms with E-state index >= 15 is 0 Å². The Morgan fingerprint density at radius 2 is 2.31 bits per heavy atom. The van der Waals surface area contributed by atoms with Crippen LogP contribution in [-0.4, -0.2) is 6.54 Å². The molecule has 2 rings (SSSR count). The van der Waals surface area contributed by atoms with Crippen LogP contribution in [-0.2, 0) is 6.54 Å². The third-order valence-corrected chi connectivity index (χ3v) is 2.75. The molecule has 72 valence electrons. The van der Waals surface area contributed by atoms with Crippen LogP contribution in [0.25, 0.3) is 0 Å². The van der Waals surface area contributed by atoms with Crippen LogP contribution in [0.4, 0.5) is 0 Å². The molecule has 1 N–H and O–H groups in total. The lowest BCUT2D eigenvalue weighted by atomic mass is 9.85. The fraction of sp³-hybridized carbons (Fsp3) is 0.636. The zero-order chi connectivity index (χ0) is 9.10. The maximum Gasteiger partial charge on any atom is 0.117 e. The topological polar surface area (TPSA) is 25.2 Å². The summed E-state index contributed by atoms with van der Waals surface area (Å²) < 4.78 is 5.45. The van der Waals surface area contributed by atoms with Gasteiger partial charge in [0.25, 0.3) is 0 Å². The highest BCUT2D eigenvalue weighted by Crippen LogP contribution is 2.25. The van der Waals surface area contributed by atoms with Crippen LogP contribution in [0.5, 0.6) is 0 Å². The minimum absolute atomic E-state index is 0.879. The summed E-state index contributed by atoms with van der Waals surface area (Å²) in [6.07, 6.45) is 4.24. The lowest BCUT2D eigenvalue weighted by Gasteiger charge is -2.25. The summed E-state index contributed by atoms with van der Waals surface area (Å²) in [5, 5.41) is 3.42. The maximum absolute atomic E-state index is 5.45. The highest BCUT2D eigenvalue weighted by atomic mass is 16.3. The maximum atomic E-state index is 5.45. The van der Waals surface area contributed by atoms with E-state index in [4.69, 9.17) is 4.42 Å². The van der Waals surface area contributed by atoms with Crippen molar-refractivity contribution in [3.05, 3.63) is 23.7 Å². The Balaban J connectivity index is 1.67. The standard InChI is InChI=1S/C11H17NO/c1-9-5-6-11(13-9)8-12-7-10-3-2-4-10/h5-6,10,12H,2-4,7-8H2,1H3. The van der Waals surface area contributed by atoms with E-state index < -0.39 is 0 Å². The molecule has 1 fully saturated rings. The van der Waals surface area contributed by atoms with E-state index in [1.54, 1.807) is 0 Å². The predicted molar refractivity (Wildman–Crippen MR) is 52.5 cm³/mol. The van der Waals surface area contributed by atoms with Crippen molar-refractivity contribution in [2.45, 2.75) is 32.7 Å². The third-order valence-electron chi connectivity index (χ3n) is 2.75. The highest BCUT2D eigenvalue weighted by molar-refractivity contribution is 5.05. The monoisotopic (exact) mass is 179 g/mol. The van der Waals surface area contributed by atoms with Gasteiger partial charge in [0.2, 0.25) is 0 Å². The van der Waals surface area contributed by atoms with Crippen molar-refractivity contribution < 1.29 is 4.42 Å². The molecular weight excluding hydrogens is 162 g/mol. The number of hydrogen-bond acceptors (Lipinski definition) is 2. The van der Waals surface area contributed by atoms with Crippen LogP contribution in [0.15, 0.2) is 16.5 Å². The van der Waals surface area contributed by atoms with Crippen molar-refractivity contribution >= 4 is 0 Å². The first kappa shape index (κ1) is 8.82. The molecule has 0 unspecified atom stereocenters. The zero-order valence-corrected chi connectivity index (χ0v) is 8.18. The fourth-order valence-electron chi connectivity index (χ4n) is 1.68. The van der Waals surface area contributed by atoms with E-state index in [9.17, 15) is 0 Å². The van der Waals surface area contributed by atoms with Crippen LogP contribution in [0.3, 0.4) is 0 Å². The van der Waals surface area contributed by atoms with Crippen molar-refractivity contribution in [3.8, 4) is 0 Å². The van der Waals surface area contributed by atoms with Gasteiger partial charge in [0.1, 0.15) is 11.5 Å². The Morgan fingerprint density at radius 1 is 1.46 bits per heavy atom. The van der Waals surface area contributed by atoms with E-state index in [1.165, 1.54) is 19.3 Å². The van der Waals surface area contributed by atoms with Crippen LogP contribution in [0, 0.1) is 12.8 Å². The van der Waals surface area contributed by atoms with E-state index in [0.29, 0.717) is 0 Å². The molecule has 0 bridgehead atoms. The van der Waals surface area contributed by atoms with E-state index in [-0.39, 0.29) is 0 Å². The number of hydrogen-bond donors (Lipinski definition) is 1. The summed E-state index contributed by atoms with van der Waals surface area (Å²) in [6, 6.07) is 4.06. The van der Waals surface area contributed by atoms with Crippen molar-refractivity contribution in [3.63, 3.8) is 0 Å². The molecule has 1 aromatic rings.